The zero-order valence-corrected chi connectivity index (χ0v) is 21.7. The first-order valence-corrected chi connectivity index (χ1v) is 11.0. The van der Waals surface area contributed by atoms with Gasteiger partial charge in [0.15, 0.2) is 5.96 Å². The topological polar surface area (TPSA) is 60.0 Å². The van der Waals surface area contributed by atoms with Crippen LogP contribution in [0, 0.1) is 5.92 Å². The highest BCUT2D eigenvalue weighted by atomic mass is 127. The van der Waals surface area contributed by atoms with E-state index in [2.05, 4.69) is 71.0 Å². The fraction of sp³-hybridized carbons (Fsp3) is 0.440. The third-order valence-corrected chi connectivity index (χ3v) is 5.54. The quantitative estimate of drug-likeness (QED) is 0.287. The number of halogens is 1. The Morgan fingerprint density at radius 1 is 1.06 bits per heavy atom. The average Bonchev–Trinajstić information content (AvgIpc) is 3.12. The zero-order valence-electron chi connectivity index (χ0n) is 19.4. The van der Waals surface area contributed by atoms with Crippen molar-refractivity contribution < 1.29 is 4.79 Å². The maximum absolute atomic E-state index is 12.4. The summed E-state index contributed by atoms with van der Waals surface area (Å²) in [5, 5.41) is 6.78. The Labute approximate surface area is 209 Å². The molecule has 32 heavy (non-hydrogen) atoms. The molecule has 0 saturated carbocycles. The van der Waals surface area contributed by atoms with E-state index in [4.69, 9.17) is 0 Å². The lowest BCUT2D eigenvalue weighted by Gasteiger charge is -2.18. The van der Waals surface area contributed by atoms with E-state index in [-0.39, 0.29) is 29.9 Å². The van der Waals surface area contributed by atoms with E-state index >= 15 is 0 Å². The van der Waals surface area contributed by atoms with Gasteiger partial charge in [-0.25, -0.2) is 0 Å². The van der Waals surface area contributed by atoms with Crippen molar-refractivity contribution in [2.75, 3.05) is 40.8 Å². The number of aliphatic imine (C=N–C) groups is 1. The van der Waals surface area contributed by atoms with E-state index in [1.807, 2.05) is 23.1 Å². The molecule has 0 bridgehead atoms. The Morgan fingerprint density at radius 3 is 2.50 bits per heavy atom. The third kappa shape index (κ3) is 8.43. The summed E-state index contributed by atoms with van der Waals surface area (Å²) < 4.78 is 0. The van der Waals surface area contributed by atoms with E-state index < -0.39 is 0 Å². The summed E-state index contributed by atoms with van der Waals surface area (Å²) in [6.07, 6.45) is 1.51. The van der Waals surface area contributed by atoms with Crippen LogP contribution in [0.4, 0.5) is 0 Å². The van der Waals surface area contributed by atoms with Gasteiger partial charge in [-0.3, -0.25) is 9.79 Å². The highest BCUT2D eigenvalue weighted by Gasteiger charge is 2.29. The number of nitrogens with zero attached hydrogens (tertiary/aromatic N) is 3. The fourth-order valence-corrected chi connectivity index (χ4v) is 3.97. The first kappa shape index (κ1) is 26.1. The Hall–Kier alpha value is -2.13. The van der Waals surface area contributed by atoms with Gasteiger partial charge in [0, 0.05) is 52.1 Å². The van der Waals surface area contributed by atoms with E-state index in [0.717, 1.165) is 38.6 Å². The van der Waals surface area contributed by atoms with Crippen LogP contribution < -0.4 is 10.6 Å². The molecule has 2 aromatic carbocycles. The number of likely N-dealkylation sites (tertiary alicyclic amines) is 1. The minimum absolute atomic E-state index is 0. The average molecular weight is 550 g/mol. The van der Waals surface area contributed by atoms with Crippen molar-refractivity contribution in [3.8, 4) is 0 Å². The number of amides is 1. The second-order valence-electron chi connectivity index (χ2n) is 8.51. The Bertz CT molecular complexity index is 872. The first-order valence-electron chi connectivity index (χ1n) is 11.0. The minimum Gasteiger partial charge on any atom is -0.356 e. The molecule has 174 valence electrons. The molecule has 1 aliphatic rings. The molecule has 7 heteroatoms. The maximum Gasteiger partial charge on any atom is 0.223 e. The smallest absolute Gasteiger partial charge is 0.223 e. The van der Waals surface area contributed by atoms with Gasteiger partial charge >= 0.3 is 0 Å². The van der Waals surface area contributed by atoms with Gasteiger partial charge in [0.25, 0.3) is 0 Å². The molecule has 1 heterocycles. The summed E-state index contributed by atoms with van der Waals surface area (Å²) >= 11 is 0. The number of nitrogens with one attached hydrogen (secondary N) is 2. The summed E-state index contributed by atoms with van der Waals surface area (Å²) in [5.74, 6) is 1.34. The Kier molecular flexibility index (Phi) is 11.0. The van der Waals surface area contributed by atoms with Crippen molar-refractivity contribution in [3.05, 3.63) is 71.3 Å². The van der Waals surface area contributed by atoms with Gasteiger partial charge in [0.1, 0.15) is 0 Å². The van der Waals surface area contributed by atoms with Crippen LogP contribution in [0.2, 0.25) is 0 Å². The molecule has 2 aromatic rings. The molecule has 1 atom stereocenters. The summed E-state index contributed by atoms with van der Waals surface area (Å²) in [7, 11) is 5.93. The second-order valence-corrected chi connectivity index (χ2v) is 8.51. The first-order chi connectivity index (χ1) is 15.0. The van der Waals surface area contributed by atoms with Crippen LogP contribution in [0.5, 0.6) is 0 Å². The standard InChI is InChI=1S/C25H35N5O.HI/c1-26-25(27-16-21-10-7-11-22(14-21)18-29(2)3)28-17-23-15-24(31)30(19-23)13-12-20-8-5-4-6-9-20;/h4-11,14,23H,12-13,15-19H2,1-3H3,(H2,26,27,28);1H. The molecule has 1 amide bonds. The molecule has 3 rings (SSSR count). The number of hydrogen-bond acceptors (Lipinski definition) is 3. The van der Waals surface area contributed by atoms with Crippen molar-refractivity contribution >= 4 is 35.8 Å². The van der Waals surface area contributed by atoms with Crippen molar-refractivity contribution in [2.24, 2.45) is 10.9 Å². The van der Waals surface area contributed by atoms with E-state index in [1.54, 1.807) is 7.05 Å². The van der Waals surface area contributed by atoms with Crippen LogP contribution in [0.1, 0.15) is 23.1 Å². The SMILES string of the molecule is CN=C(NCc1cccc(CN(C)C)c1)NCC1CC(=O)N(CCc2ccccc2)C1.I. The summed E-state index contributed by atoms with van der Waals surface area (Å²) in [6, 6.07) is 18.9. The molecule has 0 radical (unpaired) electrons. The molecule has 1 saturated heterocycles. The van der Waals surface area contributed by atoms with Crippen molar-refractivity contribution in [2.45, 2.75) is 25.9 Å². The third-order valence-electron chi connectivity index (χ3n) is 5.54. The zero-order chi connectivity index (χ0) is 22.1. The van der Waals surface area contributed by atoms with Gasteiger partial charge in [0.05, 0.1) is 0 Å². The highest BCUT2D eigenvalue weighted by Crippen LogP contribution is 2.17. The van der Waals surface area contributed by atoms with E-state index in [1.165, 1.54) is 16.7 Å². The molecular weight excluding hydrogens is 513 g/mol. The predicted octanol–water partition coefficient (Wildman–Crippen LogP) is 3.12. The normalized spacial score (nSPS) is 16.2. The molecule has 1 fully saturated rings. The van der Waals surface area contributed by atoms with Crippen LogP contribution in [0.25, 0.3) is 0 Å². The van der Waals surface area contributed by atoms with Crippen LogP contribution in [0.15, 0.2) is 59.6 Å². The van der Waals surface area contributed by atoms with E-state index in [9.17, 15) is 4.79 Å². The van der Waals surface area contributed by atoms with Crippen LogP contribution >= 0.6 is 24.0 Å². The lowest BCUT2D eigenvalue weighted by molar-refractivity contribution is -0.127. The van der Waals surface area contributed by atoms with Gasteiger partial charge in [-0.2, -0.15) is 0 Å². The number of carbonyl (C=O) groups excluding carboxylic acids is 1. The lowest BCUT2D eigenvalue weighted by Crippen LogP contribution is -2.40. The van der Waals surface area contributed by atoms with Gasteiger partial charge in [-0.15, -0.1) is 24.0 Å². The fourth-order valence-electron chi connectivity index (χ4n) is 3.97. The monoisotopic (exact) mass is 549 g/mol. The highest BCUT2D eigenvalue weighted by molar-refractivity contribution is 14.0. The van der Waals surface area contributed by atoms with Crippen LogP contribution in [0.3, 0.4) is 0 Å². The minimum atomic E-state index is 0. The van der Waals surface area contributed by atoms with Gasteiger partial charge < -0.3 is 20.4 Å². The number of carbonyl (C=O) groups is 1. The lowest BCUT2D eigenvalue weighted by atomic mass is 10.1. The largest absolute Gasteiger partial charge is 0.356 e. The number of hydrogen-bond donors (Lipinski definition) is 2. The number of rotatable bonds is 9. The molecule has 0 aromatic heterocycles. The molecule has 0 spiro atoms. The molecular formula is C25H36IN5O. The predicted molar refractivity (Wildman–Crippen MR) is 142 cm³/mol. The van der Waals surface area contributed by atoms with Gasteiger partial charge in [-0.05, 0) is 37.2 Å². The Morgan fingerprint density at radius 2 is 1.78 bits per heavy atom. The summed E-state index contributed by atoms with van der Waals surface area (Å²) in [6.45, 7) is 3.98. The summed E-state index contributed by atoms with van der Waals surface area (Å²) in [5.41, 5.74) is 3.80. The van der Waals surface area contributed by atoms with Crippen molar-refractivity contribution in [1.82, 2.24) is 20.4 Å². The van der Waals surface area contributed by atoms with Gasteiger partial charge in [0.2, 0.25) is 5.91 Å². The molecule has 1 unspecified atom stereocenters. The number of benzene rings is 2. The molecule has 1 aliphatic heterocycles. The van der Waals surface area contributed by atoms with Crippen LogP contribution in [-0.4, -0.2) is 62.4 Å². The Balaban J connectivity index is 0.00000363. The van der Waals surface area contributed by atoms with E-state index in [0.29, 0.717) is 18.9 Å². The molecule has 2 N–H and O–H groups in total. The number of guanidine groups is 1. The maximum atomic E-state index is 12.4. The summed E-state index contributed by atoms with van der Waals surface area (Å²) in [4.78, 5) is 20.9. The second kappa shape index (κ2) is 13.4. The molecule has 6 nitrogen and oxygen atoms in total. The van der Waals surface area contributed by atoms with Gasteiger partial charge in [-0.1, -0.05) is 54.6 Å². The van der Waals surface area contributed by atoms with Crippen molar-refractivity contribution in [3.63, 3.8) is 0 Å². The molecule has 0 aliphatic carbocycles. The van der Waals surface area contributed by atoms with Crippen LogP contribution in [-0.2, 0) is 24.3 Å². The van der Waals surface area contributed by atoms with Crippen molar-refractivity contribution in [1.29, 1.82) is 0 Å².